The van der Waals surface area contributed by atoms with Crippen LogP contribution < -0.4 is 5.73 Å². The SMILES string of the molecule is Cl.Cl.NC12CCCN(CCC1)C2. The van der Waals surface area contributed by atoms with E-state index in [1.165, 1.54) is 38.8 Å². The van der Waals surface area contributed by atoms with Gasteiger partial charge in [-0.2, -0.15) is 0 Å². The second-order valence-electron chi connectivity index (χ2n) is 3.85. The Morgan fingerprint density at radius 3 is 1.83 bits per heavy atom. The summed E-state index contributed by atoms with van der Waals surface area (Å²) in [6, 6.07) is 0. The monoisotopic (exact) mass is 212 g/mol. The van der Waals surface area contributed by atoms with Crippen LogP contribution in [0.1, 0.15) is 25.7 Å². The van der Waals surface area contributed by atoms with Gasteiger partial charge in [-0.3, -0.25) is 0 Å². The molecule has 2 aliphatic rings. The molecule has 0 unspecified atom stereocenters. The number of rotatable bonds is 0. The van der Waals surface area contributed by atoms with Gasteiger partial charge in [-0.05, 0) is 38.8 Å². The minimum absolute atomic E-state index is 0. The lowest BCUT2D eigenvalue weighted by molar-refractivity contribution is 0.0992. The molecule has 0 aromatic carbocycles. The Morgan fingerprint density at radius 2 is 1.50 bits per heavy atom. The van der Waals surface area contributed by atoms with E-state index in [1.807, 2.05) is 0 Å². The molecule has 2 N–H and O–H groups in total. The summed E-state index contributed by atoms with van der Waals surface area (Å²) in [6.45, 7) is 3.74. The predicted molar refractivity (Wildman–Crippen MR) is 56.3 cm³/mol. The average molecular weight is 213 g/mol. The van der Waals surface area contributed by atoms with Crippen LogP contribution >= 0.6 is 24.8 Å². The normalized spacial score (nSPS) is 39.2. The van der Waals surface area contributed by atoms with Gasteiger partial charge in [0.15, 0.2) is 0 Å². The fraction of sp³-hybridized carbons (Fsp3) is 1.00. The van der Waals surface area contributed by atoms with Crippen LogP contribution in [-0.4, -0.2) is 30.1 Å². The lowest BCUT2D eigenvalue weighted by atomic mass is 9.83. The molecule has 74 valence electrons. The molecule has 0 spiro atoms. The van der Waals surface area contributed by atoms with E-state index in [-0.39, 0.29) is 30.4 Å². The summed E-state index contributed by atoms with van der Waals surface area (Å²) in [5.41, 5.74) is 6.36. The second-order valence-corrected chi connectivity index (χ2v) is 3.85. The van der Waals surface area contributed by atoms with E-state index >= 15 is 0 Å². The van der Waals surface area contributed by atoms with Crippen molar-refractivity contribution >= 4 is 24.8 Å². The molecule has 0 aromatic rings. The fourth-order valence-corrected chi connectivity index (χ4v) is 2.31. The predicted octanol–water partition coefficient (Wildman–Crippen LogP) is 1.42. The van der Waals surface area contributed by atoms with Crippen LogP contribution in [0.25, 0.3) is 0 Å². The van der Waals surface area contributed by atoms with Crippen LogP contribution in [0, 0.1) is 0 Å². The Hall–Kier alpha value is 0.500. The Labute approximate surface area is 86.7 Å². The molecule has 0 radical (unpaired) electrons. The molecule has 0 aromatic heterocycles. The molecule has 2 aliphatic heterocycles. The first kappa shape index (κ1) is 12.5. The standard InChI is InChI=1S/C8H16N2.2ClH/c9-8-3-1-5-10(7-8)6-2-4-8;;/h1-7,9H2;2*1H. The molecule has 2 bridgehead atoms. The van der Waals surface area contributed by atoms with Crippen LogP contribution in [0.2, 0.25) is 0 Å². The maximum atomic E-state index is 6.16. The topological polar surface area (TPSA) is 29.3 Å². The molecule has 0 aliphatic carbocycles. The van der Waals surface area contributed by atoms with E-state index in [4.69, 9.17) is 5.73 Å². The number of fused-ring (bicyclic) bond motifs is 2. The zero-order chi connectivity index (χ0) is 7.03. The van der Waals surface area contributed by atoms with E-state index in [9.17, 15) is 0 Å². The van der Waals surface area contributed by atoms with Gasteiger partial charge in [0.2, 0.25) is 0 Å². The number of hydrogen-bond acceptors (Lipinski definition) is 2. The minimum atomic E-state index is 0. The lowest BCUT2D eigenvalue weighted by Crippen LogP contribution is -2.57. The molecule has 2 saturated heterocycles. The first-order valence-corrected chi connectivity index (χ1v) is 4.30. The Morgan fingerprint density at radius 1 is 1.00 bits per heavy atom. The molecule has 2 rings (SSSR count). The molecule has 4 heteroatoms. The van der Waals surface area contributed by atoms with Crippen molar-refractivity contribution < 1.29 is 0 Å². The van der Waals surface area contributed by atoms with Crippen molar-refractivity contribution in [1.29, 1.82) is 0 Å². The summed E-state index contributed by atoms with van der Waals surface area (Å²) in [7, 11) is 0. The Kier molecular flexibility index (Phi) is 4.85. The van der Waals surface area contributed by atoms with Crippen LogP contribution in [0.4, 0.5) is 0 Å². The van der Waals surface area contributed by atoms with Gasteiger partial charge in [-0.15, -0.1) is 24.8 Å². The van der Waals surface area contributed by atoms with Gasteiger partial charge in [-0.1, -0.05) is 0 Å². The van der Waals surface area contributed by atoms with E-state index in [0.717, 1.165) is 6.54 Å². The maximum Gasteiger partial charge on any atom is 0.0284 e. The van der Waals surface area contributed by atoms with Gasteiger partial charge >= 0.3 is 0 Å². The van der Waals surface area contributed by atoms with Crippen LogP contribution in [0.3, 0.4) is 0 Å². The van der Waals surface area contributed by atoms with Crippen molar-refractivity contribution in [2.75, 3.05) is 19.6 Å². The van der Waals surface area contributed by atoms with Crippen molar-refractivity contribution in [3.05, 3.63) is 0 Å². The highest BCUT2D eigenvalue weighted by Gasteiger charge is 2.34. The number of hydrogen-bond donors (Lipinski definition) is 1. The Balaban J connectivity index is 0.000000605. The maximum absolute atomic E-state index is 6.16. The van der Waals surface area contributed by atoms with E-state index in [0.29, 0.717) is 0 Å². The minimum Gasteiger partial charge on any atom is -0.324 e. The summed E-state index contributed by atoms with van der Waals surface area (Å²) in [5, 5.41) is 0. The lowest BCUT2D eigenvalue weighted by Gasteiger charge is -2.44. The molecular weight excluding hydrogens is 195 g/mol. The summed E-state index contributed by atoms with van der Waals surface area (Å²) < 4.78 is 0. The average Bonchev–Trinajstić information content (AvgIpc) is 1.86. The van der Waals surface area contributed by atoms with Crippen molar-refractivity contribution in [2.45, 2.75) is 31.2 Å². The van der Waals surface area contributed by atoms with Gasteiger partial charge in [0.25, 0.3) is 0 Å². The Bertz CT molecular complexity index is 131. The third-order valence-corrected chi connectivity index (χ3v) is 2.84. The van der Waals surface area contributed by atoms with Gasteiger partial charge in [0, 0.05) is 12.1 Å². The molecule has 0 amide bonds. The first-order valence-electron chi connectivity index (χ1n) is 4.30. The fourth-order valence-electron chi connectivity index (χ4n) is 2.31. The van der Waals surface area contributed by atoms with Crippen molar-refractivity contribution in [1.82, 2.24) is 4.90 Å². The van der Waals surface area contributed by atoms with Crippen molar-refractivity contribution in [2.24, 2.45) is 5.73 Å². The highest BCUT2D eigenvalue weighted by atomic mass is 35.5. The van der Waals surface area contributed by atoms with Crippen LogP contribution in [-0.2, 0) is 0 Å². The molecule has 2 heterocycles. The molecule has 12 heavy (non-hydrogen) atoms. The number of nitrogens with two attached hydrogens (primary N) is 1. The van der Waals surface area contributed by atoms with Crippen molar-refractivity contribution in [3.63, 3.8) is 0 Å². The smallest absolute Gasteiger partial charge is 0.0284 e. The van der Waals surface area contributed by atoms with Crippen LogP contribution in [0.15, 0.2) is 0 Å². The van der Waals surface area contributed by atoms with E-state index in [2.05, 4.69) is 4.90 Å². The van der Waals surface area contributed by atoms with Crippen molar-refractivity contribution in [3.8, 4) is 0 Å². The zero-order valence-corrected chi connectivity index (χ0v) is 8.92. The summed E-state index contributed by atoms with van der Waals surface area (Å²) in [5.74, 6) is 0. The molecular formula is C8H18Cl2N2. The number of piperidine rings is 2. The molecule has 2 fully saturated rings. The zero-order valence-electron chi connectivity index (χ0n) is 7.29. The van der Waals surface area contributed by atoms with Gasteiger partial charge in [0.05, 0.1) is 0 Å². The molecule has 2 nitrogen and oxygen atoms in total. The van der Waals surface area contributed by atoms with Gasteiger partial charge in [-0.25, -0.2) is 0 Å². The quantitative estimate of drug-likeness (QED) is 0.659. The summed E-state index contributed by atoms with van der Waals surface area (Å²) in [6.07, 6.45) is 5.14. The summed E-state index contributed by atoms with van der Waals surface area (Å²) in [4.78, 5) is 2.51. The second kappa shape index (κ2) is 4.66. The largest absolute Gasteiger partial charge is 0.324 e. The first-order chi connectivity index (χ1) is 4.79. The number of nitrogens with zero attached hydrogens (tertiary/aromatic N) is 1. The number of halogens is 2. The van der Waals surface area contributed by atoms with Gasteiger partial charge < -0.3 is 10.6 Å². The van der Waals surface area contributed by atoms with Crippen LogP contribution in [0.5, 0.6) is 0 Å². The summed E-state index contributed by atoms with van der Waals surface area (Å²) >= 11 is 0. The third kappa shape index (κ3) is 2.49. The highest BCUT2D eigenvalue weighted by Crippen LogP contribution is 2.27. The van der Waals surface area contributed by atoms with E-state index in [1.54, 1.807) is 0 Å². The molecule has 0 saturated carbocycles. The van der Waals surface area contributed by atoms with E-state index < -0.39 is 0 Å². The van der Waals surface area contributed by atoms with Gasteiger partial charge in [0.1, 0.15) is 0 Å². The third-order valence-electron chi connectivity index (χ3n) is 2.84. The highest BCUT2D eigenvalue weighted by molar-refractivity contribution is 5.85. The molecule has 0 atom stereocenters.